The van der Waals surface area contributed by atoms with Crippen molar-refractivity contribution in [2.75, 3.05) is 6.54 Å². The highest BCUT2D eigenvalue weighted by atomic mass is 15.3. The number of nitrogens with zero attached hydrogens (tertiary/aromatic N) is 4. The van der Waals surface area contributed by atoms with Crippen molar-refractivity contribution in [3.63, 3.8) is 0 Å². The SMILES string of the molecule is CC(Cn1cccn1)n1cncc1C1CCCN1. The lowest BCUT2D eigenvalue weighted by Crippen LogP contribution is -2.20. The Labute approximate surface area is 107 Å². The summed E-state index contributed by atoms with van der Waals surface area (Å²) in [5.41, 5.74) is 1.30. The Morgan fingerprint density at radius 2 is 2.50 bits per heavy atom. The van der Waals surface area contributed by atoms with Crippen molar-refractivity contribution in [1.82, 2.24) is 24.6 Å². The molecule has 3 heterocycles. The molecule has 0 bridgehead atoms. The second-order valence-corrected chi connectivity index (χ2v) is 4.95. The maximum atomic E-state index is 4.31. The average Bonchev–Trinajstić information content (AvgIpc) is 3.11. The number of rotatable bonds is 4. The number of aromatic nitrogens is 4. The van der Waals surface area contributed by atoms with Crippen molar-refractivity contribution in [2.45, 2.75) is 38.4 Å². The van der Waals surface area contributed by atoms with Crippen molar-refractivity contribution >= 4 is 0 Å². The Bertz CT molecular complexity index is 481. The lowest BCUT2D eigenvalue weighted by Gasteiger charge is -2.20. The van der Waals surface area contributed by atoms with E-state index >= 15 is 0 Å². The van der Waals surface area contributed by atoms with Gasteiger partial charge < -0.3 is 9.88 Å². The molecular formula is C13H19N5. The second-order valence-electron chi connectivity index (χ2n) is 4.95. The molecule has 18 heavy (non-hydrogen) atoms. The van der Waals surface area contributed by atoms with Crippen LogP contribution in [0.5, 0.6) is 0 Å². The number of hydrogen-bond acceptors (Lipinski definition) is 3. The largest absolute Gasteiger partial charge is 0.328 e. The Kier molecular flexibility index (Phi) is 3.15. The standard InChI is InChI=1S/C13H19N5/c1-11(9-17-7-3-6-16-17)18-10-14-8-13(18)12-4-2-5-15-12/h3,6-8,10-12,15H,2,4-5,9H2,1H3. The lowest BCUT2D eigenvalue weighted by molar-refractivity contribution is 0.414. The molecule has 0 spiro atoms. The van der Waals surface area contributed by atoms with Gasteiger partial charge in [0.1, 0.15) is 0 Å². The molecule has 2 atom stereocenters. The zero-order valence-corrected chi connectivity index (χ0v) is 10.7. The molecular weight excluding hydrogens is 226 g/mol. The summed E-state index contributed by atoms with van der Waals surface area (Å²) in [6.45, 7) is 4.20. The average molecular weight is 245 g/mol. The third-order valence-electron chi connectivity index (χ3n) is 3.60. The van der Waals surface area contributed by atoms with Crippen LogP contribution in [0.2, 0.25) is 0 Å². The summed E-state index contributed by atoms with van der Waals surface area (Å²) in [5.74, 6) is 0. The minimum atomic E-state index is 0.366. The van der Waals surface area contributed by atoms with Gasteiger partial charge in [-0.15, -0.1) is 0 Å². The molecule has 0 aliphatic carbocycles. The van der Waals surface area contributed by atoms with Crippen molar-refractivity contribution in [3.05, 3.63) is 36.7 Å². The van der Waals surface area contributed by atoms with Gasteiger partial charge >= 0.3 is 0 Å². The molecule has 0 amide bonds. The van der Waals surface area contributed by atoms with E-state index in [1.807, 2.05) is 35.7 Å². The van der Waals surface area contributed by atoms with Gasteiger partial charge in [0.25, 0.3) is 0 Å². The van der Waals surface area contributed by atoms with E-state index in [1.54, 1.807) is 0 Å². The normalized spacial score (nSPS) is 21.3. The van der Waals surface area contributed by atoms with Crippen LogP contribution in [0.15, 0.2) is 31.0 Å². The van der Waals surface area contributed by atoms with Gasteiger partial charge in [-0.2, -0.15) is 5.10 Å². The molecule has 1 saturated heterocycles. The highest BCUT2D eigenvalue weighted by Gasteiger charge is 2.21. The summed E-state index contributed by atoms with van der Waals surface area (Å²) in [6, 6.07) is 2.79. The summed E-state index contributed by atoms with van der Waals surface area (Å²) < 4.78 is 4.24. The molecule has 5 nitrogen and oxygen atoms in total. The van der Waals surface area contributed by atoms with Crippen LogP contribution < -0.4 is 5.32 Å². The molecule has 2 aromatic rings. The van der Waals surface area contributed by atoms with Gasteiger partial charge in [-0.1, -0.05) is 0 Å². The van der Waals surface area contributed by atoms with E-state index in [-0.39, 0.29) is 0 Å². The molecule has 0 radical (unpaired) electrons. The monoisotopic (exact) mass is 245 g/mol. The highest BCUT2D eigenvalue weighted by molar-refractivity contribution is 5.08. The molecule has 1 N–H and O–H groups in total. The zero-order valence-electron chi connectivity index (χ0n) is 10.7. The Morgan fingerprint density at radius 3 is 3.22 bits per heavy atom. The summed E-state index contributed by atoms with van der Waals surface area (Å²) in [5, 5.41) is 7.79. The maximum Gasteiger partial charge on any atom is 0.0951 e. The van der Waals surface area contributed by atoms with E-state index in [0.717, 1.165) is 13.1 Å². The summed E-state index contributed by atoms with van der Waals surface area (Å²) in [7, 11) is 0. The fourth-order valence-corrected chi connectivity index (χ4v) is 2.66. The molecule has 1 fully saturated rings. The number of nitrogens with one attached hydrogen (secondary N) is 1. The van der Waals surface area contributed by atoms with E-state index in [2.05, 4.69) is 26.9 Å². The topological polar surface area (TPSA) is 47.7 Å². The lowest BCUT2D eigenvalue weighted by atomic mass is 10.1. The van der Waals surface area contributed by atoms with Crippen LogP contribution in [0.3, 0.4) is 0 Å². The van der Waals surface area contributed by atoms with Crippen LogP contribution >= 0.6 is 0 Å². The molecule has 2 aromatic heterocycles. The first-order valence-corrected chi connectivity index (χ1v) is 6.57. The van der Waals surface area contributed by atoms with E-state index in [4.69, 9.17) is 0 Å². The number of imidazole rings is 1. The van der Waals surface area contributed by atoms with Gasteiger partial charge in [0.05, 0.1) is 24.6 Å². The maximum absolute atomic E-state index is 4.31. The Balaban J connectivity index is 1.77. The van der Waals surface area contributed by atoms with Crippen LogP contribution in [0.1, 0.15) is 37.5 Å². The molecule has 5 heteroatoms. The van der Waals surface area contributed by atoms with E-state index in [9.17, 15) is 0 Å². The summed E-state index contributed by atoms with van der Waals surface area (Å²) in [4.78, 5) is 4.31. The second kappa shape index (κ2) is 4.94. The van der Waals surface area contributed by atoms with Crippen molar-refractivity contribution < 1.29 is 0 Å². The van der Waals surface area contributed by atoms with Crippen LogP contribution in [-0.2, 0) is 6.54 Å². The van der Waals surface area contributed by atoms with Gasteiger partial charge in [-0.05, 0) is 32.4 Å². The van der Waals surface area contributed by atoms with E-state index in [0.29, 0.717) is 12.1 Å². The fourth-order valence-electron chi connectivity index (χ4n) is 2.66. The van der Waals surface area contributed by atoms with Gasteiger partial charge in [0.15, 0.2) is 0 Å². The first kappa shape index (κ1) is 11.5. The van der Waals surface area contributed by atoms with Crippen molar-refractivity contribution in [1.29, 1.82) is 0 Å². The predicted octanol–water partition coefficient (Wildman–Crippen LogP) is 1.77. The minimum absolute atomic E-state index is 0.366. The van der Waals surface area contributed by atoms with Gasteiger partial charge in [0, 0.05) is 24.6 Å². The van der Waals surface area contributed by atoms with Crippen LogP contribution in [0, 0.1) is 0 Å². The van der Waals surface area contributed by atoms with Crippen LogP contribution in [0.25, 0.3) is 0 Å². The Morgan fingerprint density at radius 1 is 1.56 bits per heavy atom. The zero-order chi connectivity index (χ0) is 12.4. The fraction of sp³-hybridized carbons (Fsp3) is 0.538. The van der Waals surface area contributed by atoms with Crippen molar-refractivity contribution in [2.24, 2.45) is 0 Å². The van der Waals surface area contributed by atoms with E-state index in [1.165, 1.54) is 18.5 Å². The van der Waals surface area contributed by atoms with Crippen molar-refractivity contribution in [3.8, 4) is 0 Å². The molecule has 2 unspecified atom stereocenters. The first-order chi connectivity index (χ1) is 8.84. The molecule has 0 aromatic carbocycles. The van der Waals surface area contributed by atoms with E-state index < -0.39 is 0 Å². The first-order valence-electron chi connectivity index (χ1n) is 6.57. The molecule has 96 valence electrons. The molecule has 1 aliphatic rings. The smallest absolute Gasteiger partial charge is 0.0951 e. The minimum Gasteiger partial charge on any atom is -0.328 e. The highest BCUT2D eigenvalue weighted by Crippen LogP contribution is 2.25. The third kappa shape index (κ3) is 2.18. The van der Waals surface area contributed by atoms with Crippen LogP contribution in [-0.4, -0.2) is 25.9 Å². The number of hydrogen-bond donors (Lipinski definition) is 1. The molecule has 3 rings (SSSR count). The summed E-state index contributed by atoms with van der Waals surface area (Å²) in [6.07, 6.45) is 10.2. The quantitative estimate of drug-likeness (QED) is 0.893. The van der Waals surface area contributed by atoms with Gasteiger partial charge in [-0.3, -0.25) is 4.68 Å². The predicted molar refractivity (Wildman–Crippen MR) is 69.1 cm³/mol. The summed E-state index contributed by atoms with van der Waals surface area (Å²) >= 11 is 0. The van der Waals surface area contributed by atoms with Crippen LogP contribution in [0.4, 0.5) is 0 Å². The van der Waals surface area contributed by atoms with Gasteiger partial charge in [-0.25, -0.2) is 4.98 Å². The molecule has 1 aliphatic heterocycles. The molecule has 0 saturated carbocycles. The van der Waals surface area contributed by atoms with Gasteiger partial charge in [0.2, 0.25) is 0 Å². The Hall–Kier alpha value is -1.62. The third-order valence-corrected chi connectivity index (χ3v) is 3.60.